The largest absolute Gasteiger partial charge is 0.469 e. The first-order valence-corrected chi connectivity index (χ1v) is 6.96. The number of hydrogen-bond acceptors (Lipinski definition) is 2. The second kappa shape index (κ2) is 5.80. The smallest absolute Gasteiger partial charge is 0.196 e. The second-order valence-corrected chi connectivity index (χ2v) is 5.05. The van der Waals surface area contributed by atoms with E-state index < -0.39 is 0 Å². The van der Waals surface area contributed by atoms with E-state index in [-0.39, 0.29) is 5.78 Å². The summed E-state index contributed by atoms with van der Waals surface area (Å²) < 4.78 is 5.49. The Hall–Kier alpha value is -2.61. The Labute approximate surface area is 124 Å². The molecule has 0 aliphatic rings. The van der Waals surface area contributed by atoms with Crippen molar-refractivity contribution >= 4 is 5.78 Å². The Morgan fingerprint density at radius 2 is 1.57 bits per heavy atom. The van der Waals surface area contributed by atoms with Crippen LogP contribution in [0.1, 0.15) is 32.8 Å². The van der Waals surface area contributed by atoms with Gasteiger partial charge in [-0.2, -0.15) is 0 Å². The Balaban J connectivity index is 1.96. The van der Waals surface area contributed by atoms with Gasteiger partial charge in [-0.3, -0.25) is 4.79 Å². The highest BCUT2D eigenvalue weighted by Crippen LogP contribution is 2.23. The quantitative estimate of drug-likeness (QED) is 0.661. The van der Waals surface area contributed by atoms with Gasteiger partial charge in [0.15, 0.2) is 5.78 Å². The molecule has 0 atom stereocenters. The molecule has 104 valence electrons. The first-order valence-electron chi connectivity index (χ1n) is 6.96. The van der Waals surface area contributed by atoms with E-state index in [2.05, 4.69) is 12.1 Å². The fourth-order valence-electron chi connectivity index (χ4n) is 2.49. The topological polar surface area (TPSA) is 30.2 Å². The summed E-state index contributed by atoms with van der Waals surface area (Å²) >= 11 is 0. The Morgan fingerprint density at radius 3 is 2.24 bits per heavy atom. The maximum atomic E-state index is 12.7. The van der Waals surface area contributed by atoms with Gasteiger partial charge in [0.2, 0.25) is 0 Å². The van der Waals surface area contributed by atoms with E-state index in [1.165, 1.54) is 5.56 Å². The molecular weight excluding hydrogens is 260 g/mol. The number of aryl methyl sites for hydroxylation is 1. The monoisotopic (exact) mass is 276 g/mol. The van der Waals surface area contributed by atoms with E-state index >= 15 is 0 Å². The van der Waals surface area contributed by atoms with Crippen molar-refractivity contribution in [2.45, 2.75) is 13.3 Å². The average molecular weight is 276 g/mol. The minimum Gasteiger partial charge on any atom is -0.469 e. The molecule has 0 saturated carbocycles. The number of benzene rings is 2. The van der Waals surface area contributed by atoms with Crippen LogP contribution in [0.3, 0.4) is 0 Å². The van der Waals surface area contributed by atoms with Crippen LogP contribution in [0, 0.1) is 6.92 Å². The predicted octanol–water partition coefficient (Wildman–Crippen LogP) is 4.41. The Morgan fingerprint density at radius 1 is 0.952 bits per heavy atom. The molecular formula is C19H16O2. The predicted molar refractivity (Wildman–Crippen MR) is 82.6 cm³/mol. The van der Waals surface area contributed by atoms with Gasteiger partial charge in [0, 0.05) is 17.5 Å². The molecule has 1 heterocycles. The summed E-state index contributed by atoms with van der Waals surface area (Å²) in [4.78, 5) is 12.7. The summed E-state index contributed by atoms with van der Waals surface area (Å²) in [5, 5.41) is 0. The normalized spacial score (nSPS) is 10.5. The summed E-state index contributed by atoms with van der Waals surface area (Å²) in [6.45, 7) is 1.84. The van der Waals surface area contributed by atoms with Gasteiger partial charge in [-0.25, -0.2) is 0 Å². The van der Waals surface area contributed by atoms with E-state index in [0.29, 0.717) is 23.3 Å². The van der Waals surface area contributed by atoms with Crippen molar-refractivity contribution in [2.75, 3.05) is 0 Å². The summed E-state index contributed by atoms with van der Waals surface area (Å²) in [5.41, 5.74) is 3.48. The fraction of sp³-hybridized carbons (Fsp3) is 0.105. The molecule has 0 N–H and O–H groups in total. The van der Waals surface area contributed by atoms with Gasteiger partial charge in [-0.05, 0) is 12.5 Å². The van der Waals surface area contributed by atoms with Crippen molar-refractivity contribution < 1.29 is 9.21 Å². The van der Waals surface area contributed by atoms with Crippen LogP contribution >= 0.6 is 0 Å². The van der Waals surface area contributed by atoms with Gasteiger partial charge >= 0.3 is 0 Å². The van der Waals surface area contributed by atoms with Crippen LogP contribution < -0.4 is 0 Å². The molecule has 0 aliphatic carbocycles. The fourth-order valence-corrected chi connectivity index (χ4v) is 2.49. The highest BCUT2D eigenvalue weighted by atomic mass is 16.3. The highest BCUT2D eigenvalue weighted by molar-refractivity contribution is 6.10. The molecule has 2 aromatic carbocycles. The molecule has 0 saturated heterocycles. The molecule has 0 fully saturated rings. The molecule has 0 bridgehead atoms. The van der Waals surface area contributed by atoms with Gasteiger partial charge in [0.1, 0.15) is 5.76 Å². The number of hydrogen-bond donors (Lipinski definition) is 0. The van der Waals surface area contributed by atoms with Gasteiger partial charge in [-0.1, -0.05) is 60.7 Å². The second-order valence-electron chi connectivity index (χ2n) is 5.05. The van der Waals surface area contributed by atoms with Gasteiger partial charge in [0.25, 0.3) is 0 Å². The number of ketones is 1. The molecule has 1 aromatic heterocycles. The third-order valence-corrected chi connectivity index (χ3v) is 3.55. The van der Waals surface area contributed by atoms with Crippen LogP contribution in [-0.4, -0.2) is 5.78 Å². The van der Waals surface area contributed by atoms with E-state index in [1.807, 2.05) is 55.5 Å². The molecule has 3 rings (SSSR count). The van der Waals surface area contributed by atoms with E-state index in [9.17, 15) is 4.79 Å². The minimum atomic E-state index is 0.0211. The number of carbonyl (C=O) groups is 1. The van der Waals surface area contributed by atoms with Crippen LogP contribution in [0.15, 0.2) is 71.3 Å². The molecule has 0 unspecified atom stereocenters. The zero-order chi connectivity index (χ0) is 14.7. The zero-order valence-corrected chi connectivity index (χ0v) is 11.9. The molecule has 2 heteroatoms. The molecule has 3 aromatic rings. The lowest BCUT2D eigenvalue weighted by atomic mass is 9.96. The zero-order valence-electron chi connectivity index (χ0n) is 11.9. The first kappa shape index (κ1) is 13.4. The summed E-state index contributed by atoms with van der Waals surface area (Å²) in [5.74, 6) is 0.697. The summed E-state index contributed by atoms with van der Waals surface area (Å²) in [6, 6.07) is 19.4. The van der Waals surface area contributed by atoms with Crippen molar-refractivity contribution in [3.05, 3.63) is 94.9 Å². The van der Waals surface area contributed by atoms with Crippen molar-refractivity contribution in [1.29, 1.82) is 0 Å². The van der Waals surface area contributed by atoms with E-state index in [1.54, 1.807) is 6.26 Å². The standard InChI is InChI=1S/C19H16O2/c1-14-18(19(20)16-10-6-3-7-11-16)17(13-21-14)12-15-8-4-2-5-9-15/h2-11,13H,12H2,1H3. The van der Waals surface area contributed by atoms with Crippen LogP contribution in [0.2, 0.25) is 0 Å². The van der Waals surface area contributed by atoms with Gasteiger partial charge < -0.3 is 4.42 Å². The van der Waals surface area contributed by atoms with E-state index in [4.69, 9.17) is 4.42 Å². The van der Waals surface area contributed by atoms with Crippen molar-refractivity contribution in [3.63, 3.8) is 0 Å². The lowest BCUT2D eigenvalue weighted by Crippen LogP contribution is -2.05. The molecule has 21 heavy (non-hydrogen) atoms. The summed E-state index contributed by atoms with van der Waals surface area (Å²) in [6.07, 6.45) is 2.39. The third kappa shape index (κ3) is 2.79. The van der Waals surface area contributed by atoms with Gasteiger partial charge in [0.05, 0.1) is 11.8 Å². The maximum Gasteiger partial charge on any atom is 0.196 e. The van der Waals surface area contributed by atoms with E-state index in [0.717, 1.165) is 5.56 Å². The molecule has 2 nitrogen and oxygen atoms in total. The van der Waals surface area contributed by atoms with Crippen LogP contribution in [0.4, 0.5) is 0 Å². The number of furan rings is 1. The molecule has 0 amide bonds. The number of rotatable bonds is 4. The summed E-state index contributed by atoms with van der Waals surface area (Å²) in [7, 11) is 0. The molecule has 0 radical (unpaired) electrons. The minimum absolute atomic E-state index is 0.0211. The first-order chi connectivity index (χ1) is 10.3. The van der Waals surface area contributed by atoms with Crippen molar-refractivity contribution in [3.8, 4) is 0 Å². The van der Waals surface area contributed by atoms with Crippen molar-refractivity contribution in [2.24, 2.45) is 0 Å². The number of carbonyl (C=O) groups excluding carboxylic acids is 1. The maximum absolute atomic E-state index is 12.7. The average Bonchev–Trinajstić information content (AvgIpc) is 2.89. The Kier molecular flexibility index (Phi) is 3.69. The SMILES string of the molecule is Cc1occ(Cc2ccccc2)c1C(=O)c1ccccc1. The Bertz CT molecular complexity index is 740. The van der Waals surface area contributed by atoms with Crippen LogP contribution in [-0.2, 0) is 6.42 Å². The third-order valence-electron chi connectivity index (χ3n) is 3.55. The lowest BCUT2D eigenvalue weighted by Gasteiger charge is -2.04. The molecule has 0 aliphatic heterocycles. The van der Waals surface area contributed by atoms with Crippen LogP contribution in [0.5, 0.6) is 0 Å². The lowest BCUT2D eigenvalue weighted by molar-refractivity contribution is 0.103. The highest BCUT2D eigenvalue weighted by Gasteiger charge is 2.19. The van der Waals surface area contributed by atoms with Gasteiger partial charge in [-0.15, -0.1) is 0 Å². The van der Waals surface area contributed by atoms with Crippen molar-refractivity contribution in [1.82, 2.24) is 0 Å². The molecule has 0 spiro atoms. The van der Waals surface area contributed by atoms with Crippen LogP contribution in [0.25, 0.3) is 0 Å².